The first-order valence-electron chi connectivity index (χ1n) is 10.2. The molecule has 2 heterocycles. The quantitative estimate of drug-likeness (QED) is 0.751. The van der Waals surface area contributed by atoms with Crippen LogP contribution in [0.15, 0.2) is 30.3 Å². The van der Waals surface area contributed by atoms with Gasteiger partial charge in [-0.1, -0.05) is 44.2 Å². The van der Waals surface area contributed by atoms with Crippen molar-refractivity contribution in [3.63, 3.8) is 0 Å². The lowest BCUT2D eigenvalue weighted by Gasteiger charge is -2.52. The Bertz CT molecular complexity index is 591. The number of carbonyl (C=O) groups is 1. The summed E-state index contributed by atoms with van der Waals surface area (Å²) in [5.74, 6) is 1.24. The van der Waals surface area contributed by atoms with E-state index in [0.717, 1.165) is 52.1 Å². The lowest BCUT2D eigenvalue weighted by atomic mass is 9.71. The molecule has 3 rings (SSSR count). The molecule has 144 valence electrons. The molecule has 0 aliphatic carbocycles. The predicted molar refractivity (Wildman–Crippen MR) is 107 cm³/mol. The number of hydrogen-bond acceptors (Lipinski definition) is 3. The molecule has 1 spiro atoms. The Kier molecular flexibility index (Phi) is 6.03. The lowest BCUT2D eigenvalue weighted by molar-refractivity contribution is -0.150. The molecule has 4 heteroatoms. The van der Waals surface area contributed by atoms with Gasteiger partial charge < -0.3 is 9.80 Å². The second kappa shape index (κ2) is 8.10. The van der Waals surface area contributed by atoms with Crippen molar-refractivity contribution < 1.29 is 4.79 Å². The van der Waals surface area contributed by atoms with Crippen molar-refractivity contribution >= 4 is 5.91 Å². The van der Waals surface area contributed by atoms with E-state index in [2.05, 4.69) is 73.0 Å². The SMILES string of the molecule is CCC(CC)C(=O)N1CC2(CN(Cc3ccccc3)CC2CN(C)C)C1. The Morgan fingerprint density at radius 1 is 1.15 bits per heavy atom. The fourth-order valence-electron chi connectivity index (χ4n) is 4.92. The van der Waals surface area contributed by atoms with E-state index in [1.807, 2.05) is 0 Å². The maximum absolute atomic E-state index is 12.7. The predicted octanol–water partition coefficient (Wildman–Crippen LogP) is 2.94. The highest BCUT2D eigenvalue weighted by Crippen LogP contribution is 2.45. The van der Waals surface area contributed by atoms with Gasteiger partial charge in [-0.3, -0.25) is 9.69 Å². The molecule has 1 unspecified atom stereocenters. The van der Waals surface area contributed by atoms with Crippen LogP contribution in [0.4, 0.5) is 0 Å². The van der Waals surface area contributed by atoms with Crippen molar-refractivity contribution in [1.82, 2.24) is 14.7 Å². The third-order valence-corrected chi connectivity index (χ3v) is 6.38. The molecule has 2 aliphatic heterocycles. The summed E-state index contributed by atoms with van der Waals surface area (Å²) in [6.45, 7) is 10.6. The van der Waals surface area contributed by atoms with Crippen molar-refractivity contribution in [2.45, 2.75) is 33.2 Å². The number of hydrogen-bond donors (Lipinski definition) is 0. The second-order valence-corrected chi connectivity index (χ2v) is 8.68. The molecule has 1 atom stereocenters. The molecule has 2 fully saturated rings. The third-order valence-electron chi connectivity index (χ3n) is 6.38. The number of benzene rings is 1. The summed E-state index contributed by atoms with van der Waals surface area (Å²) in [7, 11) is 4.33. The van der Waals surface area contributed by atoms with Gasteiger partial charge in [-0.25, -0.2) is 0 Å². The van der Waals surface area contributed by atoms with E-state index in [1.165, 1.54) is 5.56 Å². The molecule has 0 saturated carbocycles. The first-order chi connectivity index (χ1) is 12.5. The number of carbonyl (C=O) groups excluding carboxylic acids is 1. The molecule has 4 nitrogen and oxygen atoms in total. The van der Waals surface area contributed by atoms with Gasteiger partial charge in [0.25, 0.3) is 0 Å². The Balaban J connectivity index is 1.66. The van der Waals surface area contributed by atoms with Gasteiger partial charge in [0.2, 0.25) is 5.91 Å². The van der Waals surface area contributed by atoms with Gasteiger partial charge in [-0.05, 0) is 38.4 Å². The Labute approximate surface area is 159 Å². The van der Waals surface area contributed by atoms with Crippen molar-refractivity contribution in [3.05, 3.63) is 35.9 Å². The minimum atomic E-state index is 0.210. The van der Waals surface area contributed by atoms with Crippen LogP contribution in [0.2, 0.25) is 0 Å². The van der Waals surface area contributed by atoms with Gasteiger partial charge in [0, 0.05) is 50.6 Å². The van der Waals surface area contributed by atoms with Crippen LogP contribution in [0.1, 0.15) is 32.3 Å². The average molecular weight is 358 g/mol. The molecule has 0 bridgehead atoms. The van der Waals surface area contributed by atoms with Crippen LogP contribution >= 0.6 is 0 Å². The number of nitrogens with zero attached hydrogens (tertiary/aromatic N) is 3. The van der Waals surface area contributed by atoms with E-state index < -0.39 is 0 Å². The van der Waals surface area contributed by atoms with Gasteiger partial charge in [-0.15, -0.1) is 0 Å². The summed E-state index contributed by atoms with van der Waals surface area (Å²) in [5.41, 5.74) is 1.68. The molecule has 26 heavy (non-hydrogen) atoms. The zero-order valence-corrected chi connectivity index (χ0v) is 16.9. The zero-order chi connectivity index (χ0) is 18.7. The van der Waals surface area contributed by atoms with E-state index in [9.17, 15) is 4.79 Å². The van der Waals surface area contributed by atoms with Crippen LogP contribution in [-0.2, 0) is 11.3 Å². The Morgan fingerprint density at radius 2 is 1.81 bits per heavy atom. The molecular weight excluding hydrogens is 322 g/mol. The molecular formula is C22H35N3O. The van der Waals surface area contributed by atoms with Crippen molar-refractivity contribution in [2.24, 2.45) is 17.3 Å². The fourth-order valence-corrected chi connectivity index (χ4v) is 4.92. The standard InChI is InChI=1S/C22H35N3O/c1-5-19(6-2)21(26)25-16-22(17-25)15-24(14-20(22)13-23(3)4)12-18-10-8-7-9-11-18/h7-11,19-20H,5-6,12-17H2,1-4H3. The molecule has 2 saturated heterocycles. The molecule has 1 aromatic carbocycles. The number of likely N-dealkylation sites (tertiary alicyclic amines) is 2. The number of amides is 1. The lowest BCUT2D eigenvalue weighted by Crippen LogP contribution is -2.64. The van der Waals surface area contributed by atoms with Crippen LogP contribution in [0.25, 0.3) is 0 Å². The molecule has 1 aromatic rings. The molecule has 0 aromatic heterocycles. The van der Waals surface area contributed by atoms with E-state index in [-0.39, 0.29) is 5.92 Å². The normalized spacial score (nSPS) is 22.4. The van der Waals surface area contributed by atoms with Crippen molar-refractivity contribution in [1.29, 1.82) is 0 Å². The summed E-state index contributed by atoms with van der Waals surface area (Å²) in [4.78, 5) is 19.8. The largest absolute Gasteiger partial charge is 0.341 e. The van der Waals surface area contributed by atoms with Crippen molar-refractivity contribution in [3.8, 4) is 0 Å². The topological polar surface area (TPSA) is 26.8 Å². The highest BCUT2D eigenvalue weighted by atomic mass is 16.2. The van der Waals surface area contributed by atoms with Crippen LogP contribution in [0.5, 0.6) is 0 Å². The minimum absolute atomic E-state index is 0.210. The second-order valence-electron chi connectivity index (χ2n) is 8.68. The summed E-state index contributed by atoms with van der Waals surface area (Å²) < 4.78 is 0. The third kappa shape index (κ3) is 3.96. The Hall–Kier alpha value is -1.39. The smallest absolute Gasteiger partial charge is 0.225 e. The van der Waals surface area contributed by atoms with E-state index in [4.69, 9.17) is 0 Å². The van der Waals surface area contributed by atoms with E-state index in [0.29, 0.717) is 17.2 Å². The van der Waals surface area contributed by atoms with Crippen molar-refractivity contribution in [2.75, 3.05) is 46.8 Å². The maximum Gasteiger partial charge on any atom is 0.225 e. The van der Waals surface area contributed by atoms with Gasteiger partial charge in [0.05, 0.1) is 0 Å². The molecule has 2 aliphatic rings. The van der Waals surface area contributed by atoms with Crippen LogP contribution < -0.4 is 0 Å². The zero-order valence-electron chi connectivity index (χ0n) is 16.9. The summed E-state index contributed by atoms with van der Waals surface area (Å²) in [6.07, 6.45) is 1.92. The summed E-state index contributed by atoms with van der Waals surface area (Å²) in [6, 6.07) is 10.8. The van der Waals surface area contributed by atoms with E-state index >= 15 is 0 Å². The van der Waals surface area contributed by atoms with Crippen LogP contribution in [-0.4, -0.2) is 67.4 Å². The highest BCUT2D eigenvalue weighted by molar-refractivity contribution is 5.79. The highest BCUT2D eigenvalue weighted by Gasteiger charge is 2.55. The van der Waals surface area contributed by atoms with Crippen LogP contribution in [0, 0.1) is 17.3 Å². The first kappa shape index (κ1) is 19.4. The van der Waals surface area contributed by atoms with Gasteiger partial charge in [0.1, 0.15) is 0 Å². The number of rotatable bonds is 7. The van der Waals surface area contributed by atoms with Gasteiger partial charge in [0.15, 0.2) is 0 Å². The molecule has 0 N–H and O–H groups in total. The van der Waals surface area contributed by atoms with Gasteiger partial charge >= 0.3 is 0 Å². The molecule has 0 radical (unpaired) electrons. The summed E-state index contributed by atoms with van der Waals surface area (Å²) in [5, 5.41) is 0. The molecule has 1 amide bonds. The first-order valence-corrected chi connectivity index (χ1v) is 10.2. The average Bonchev–Trinajstić information content (AvgIpc) is 2.92. The van der Waals surface area contributed by atoms with E-state index in [1.54, 1.807) is 0 Å². The summed E-state index contributed by atoms with van der Waals surface area (Å²) >= 11 is 0. The van der Waals surface area contributed by atoms with Crippen LogP contribution in [0.3, 0.4) is 0 Å². The fraction of sp³-hybridized carbons (Fsp3) is 0.682. The minimum Gasteiger partial charge on any atom is -0.341 e. The Morgan fingerprint density at radius 3 is 2.38 bits per heavy atom. The monoisotopic (exact) mass is 357 g/mol. The van der Waals surface area contributed by atoms with Gasteiger partial charge in [-0.2, -0.15) is 0 Å². The maximum atomic E-state index is 12.7.